The Bertz CT molecular complexity index is 935. The van der Waals surface area contributed by atoms with Gasteiger partial charge in [-0.3, -0.25) is 4.79 Å². The lowest BCUT2D eigenvalue weighted by Crippen LogP contribution is -2.14. The average molecular weight is 453 g/mol. The Morgan fingerprint density at radius 3 is 2.81 bits per heavy atom. The average Bonchev–Trinajstić information content (AvgIpc) is 3.05. The summed E-state index contributed by atoms with van der Waals surface area (Å²) in [5.41, 5.74) is 2.16. The van der Waals surface area contributed by atoms with Crippen molar-refractivity contribution in [3.05, 3.63) is 58.3 Å². The molecule has 0 atom stereocenters. The number of amides is 1. The summed E-state index contributed by atoms with van der Waals surface area (Å²) in [5.74, 6) is -0.299. The summed E-state index contributed by atoms with van der Waals surface area (Å²) in [5, 5.41) is 14.2. The minimum Gasteiger partial charge on any atom is -0.328 e. The molecular weight excluding hydrogens is 439 g/mol. The van der Waals surface area contributed by atoms with E-state index in [1.54, 1.807) is 18.2 Å². The molecule has 1 aromatic heterocycles. The molecule has 1 heterocycles. The third kappa shape index (κ3) is 5.03. The molecule has 0 aliphatic heterocycles. The van der Waals surface area contributed by atoms with Crippen LogP contribution in [0.1, 0.15) is 5.56 Å². The number of aromatic nitrogens is 2. The van der Waals surface area contributed by atoms with Gasteiger partial charge in [0.2, 0.25) is 11.0 Å². The molecule has 9 heteroatoms. The summed E-state index contributed by atoms with van der Waals surface area (Å²) < 4.78 is 15.1. The molecule has 0 fully saturated rings. The number of thioether (sulfide) groups is 1. The molecule has 0 aliphatic carbocycles. The van der Waals surface area contributed by atoms with Crippen LogP contribution in [-0.4, -0.2) is 21.9 Å². The van der Waals surface area contributed by atoms with Crippen LogP contribution in [-0.2, 0) is 4.79 Å². The predicted octanol–water partition coefficient (Wildman–Crippen LogP) is 5.22. The van der Waals surface area contributed by atoms with Crippen LogP contribution in [0.4, 0.5) is 20.9 Å². The predicted molar refractivity (Wildman–Crippen MR) is 108 cm³/mol. The van der Waals surface area contributed by atoms with Gasteiger partial charge in [-0.05, 0) is 52.7 Å². The summed E-state index contributed by atoms with van der Waals surface area (Å²) >= 11 is 5.97. The van der Waals surface area contributed by atoms with Crippen molar-refractivity contribution in [2.45, 2.75) is 11.3 Å². The van der Waals surface area contributed by atoms with Crippen molar-refractivity contribution < 1.29 is 9.18 Å². The number of carbonyl (C=O) groups is 1. The Morgan fingerprint density at radius 2 is 2.04 bits per heavy atom. The van der Waals surface area contributed by atoms with Gasteiger partial charge in [-0.25, -0.2) is 4.39 Å². The molecule has 0 unspecified atom stereocenters. The molecule has 0 bridgehead atoms. The number of hydrogen-bond donors (Lipinski definition) is 2. The van der Waals surface area contributed by atoms with E-state index in [1.165, 1.54) is 29.2 Å². The van der Waals surface area contributed by atoms with Crippen molar-refractivity contribution in [2.24, 2.45) is 0 Å². The second-order valence-electron chi connectivity index (χ2n) is 5.30. The van der Waals surface area contributed by atoms with Crippen LogP contribution in [0.3, 0.4) is 0 Å². The van der Waals surface area contributed by atoms with Crippen LogP contribution < -0.4 is 10.6 Å². The number of anilines is 3. The Morgan fingerprint density at radius 1 is 1.23 bits per heavy atom. The maximum Gasteiger partial charge on any atom is 0.234 e. The second kappa shape index (κ2) is 8.61. The molecule has 1 amide bonds. The number of nitrogens with one attached hydrogen (secondary N) is 2. The first-order valence-corrected chi connectivity index (χ1v) is 10.1. The van der Waals surface area contributed by atoms with Gasteiger partial charge < -0.3 is 10.6 Å². The molecule has 0 saturated carbocycles. The number of nitrogens with zero attached hydrogens (tertiary/aromatic N) is 2. The van der Waals surface area contributed by atoms with Gasteiger partial charge in [0.1, 0.15) is 5.82 Å². The maximum absolute atomic E-state index is 13.6. The third-order valence-corrected chi connectivity index (χ3v) is 5.88. The first-order valence-electron chi connectivity index (χ1n) is 7.55. The molecule has 0 radical (unpaired) electrons. The minimum absolute atomic E-state index is 0.140. The van der Waals surface area contributed by atoms with Crippen molar-refractivity contribution in [1.29, 1.82) is 0 Å². The third-order valence-electron chi connectivity index (χ3n) is 3.25. The van der Waals surface area contributed by atoms with Crippen LogP contribution in [0.15, 0.2) is 51.3 Å². The second-order valence-corrected chi connectivity index (χ2v) is 8.35. The normalized spacial score (nSPS) is 10.6. The maximum atomic E-state index is 13.6. The standard InChI is InChI=1S/C17H14BrFN4OS2/c1-10-6-7-13(11(18)8-10)20-15(24)9-25-17-23-22-16(26-17)21-14-5-3-2-4-12(14)19/h2-8H,9H2,1H3,(H,20,24)(H,21,22). The van der Waals surface area contributed by atoms with Crippen molar-refractivity contribution in [3.63, 3.8) is 0 Å². The molecule has 26 heavy (non-hydrogen) atoms. The summed E-state index contributed by atoms with van der Waals surface area (Å²) in [7, 11) is 0. The summed E-state index contributed by atoms with van der Waals surface area (Å²) in [6.45, 7) is 1.98. The summed E-state index contributed by atoms with van der Waals surface area (Å²) in [4.78, 5) is 12.1. The Hall–Kier alpha value is -1.97. The molecule has 3 rings (SSSR count). The lowest BCUT2D eigenvalue weighted by molar-refractivity contribution is -0.113. The zero-order valence-electron chi connectivity index (χ0n) is 13.6. The van der Waals surface area contributed by atoms with E-state index in [-0.39, 0.29) is 17.5 Å². The highest BCUT2D eigenvalue weighted by atomic mass is 79.9. The van der Waals surface area contributed by atoms with E-state index >= 15 is 0 Å². The minimum atomic E-state index is -0.361. The Kier molecular flexibility index (Phi) is 6.23. The quantitative estimate of drug-likeness (QED) is 0.501. The van der Waals surface area contributed by atoms with E-state index in [9.17, 15) is 9.18 Å². The molecule has 2 aromatic carbocycles. The van der Waals surface area contributed by atoms with Crippen molar-refractivity contribution in [2.75, 3.05) is 16.4 Å². The first-order chi connectivity index (χ1) is 12.5. The molecule has 2 N–H and O–H groups in total. The van der Waals surface area contributed by atoms with Crippen molar-refractivity contribution >= 4 is 61.4 Å². The monoisotopic (exact) mass is 452 g/mol. The van der Waals surface area contributed by atoms with Gasteiger partial charge in [-0.1, -0.05) is 41.3 Å². The van der Waals surface area contributed by atoms with Crippen molar-refractivity contribution in [1.82, 2.24) is 10.2 Å². The van der Waals surface area contributed by atoms with Gasteiger partial charge in [0, 0.05) is 4.47 Å². The number of benzene rings is 2. The summed E-state index contributed by atoms with van der Waals surface area (Å²) in [6, 6.07) is 12.1. The van der Waals surface area contributed by atoms with Gasteiger partial charge in [0.05, 0.1) is 17.1 Å². The fourth-order valence-corrected chi connectivity index (χ4v) is 4.19. The van der Waals surface area contributed by atoms with Gasteiger partial charge in [-0.15, -0.1) is 10.2 Å². The molecule has 0 aliphatic rings. The van der Waals surface area contributed by atoms with Crippen LogP contribution in [0, 0.1) is 12.7 Å². The molecular formula is C17H14BrFN4OS2. The lowest BCUT2D eigenvalue weighted by atomic mass is 10.2. The van der Waals surface area contributed by atoms with Crippen LogP contribution >= 0.6 is 39.0 Å². The smallest absolute Gasteiger partial charge is 0.234 e. The first kappa shape index (κ1) is 18.8. The Labute approximate surface area is 166 Å². The highest BCUT2D eigenvalue weighted by Crippen LogP contribution is 2.29. The molecule has 3 aromatic rings. The van der Waals surface area contributed by atoms with E-state index < -0.39 is 0 Å². The van der Waals surface area contributed by atoms with Crippen molar-refractivity contribution in [3.8, 4) is 0 Å². The SMILES string of the molecule is Cc1ccc(NC(=O)CSc2nnc(Nc3ccccc3F)s2)c(Br)c1. The number of para-hydroxylation sites is 1. The Balaban J connectivity index is 1.54. The zero-order valence-corrected chi connectivity index (χ0v) is 16.8. The van der Waals surface area contributed by atoms with Crippen LogP contribution in [0.2, 0.25) is 0 Å². The van der Waals surface area contributed by atoms with Gasteiger partial charge >= 0.3 is 0 Å². The van der Waals surface area contributed by atoms with E-state index in [2.05, 4.69) is 36.8 Å². The molecule has 0 spiro atoms. The van der Waals surface area contributed by atoms with Crippen LogP contribution in [0.25, 0.3) is 0 Å². The topological polar surface area (TPSA) is 66.9 Å². The number of hydrogen-bond acceptors (Lipinski definition) is 6. The van der Waals surface area contributed by atoms with Gasteiger partial charge in [-0.2, -0.15) is 0 Å². The number of rotatable bonds is 6. The number of aryl methyl sites for hydroxylation is 1. The van der Waals surface area contributed by atoms with E-state index in [1.807, 2.05) is 25.1 Å². The van der Waals surface area contributed by atoms with Gasteiger partial charge in [0.15, 0.2) is 4.34 Å². The van der Waals surface area contributed by atoms with Crippen LogP contribution in [0.5, 0.6) is 0 Å². The molecule has 0 saturated heterocycles. The van der Waals surface area contributed by atoms with Gasteiger partial charge in [0.25, 0.3) is 0 Å². The summed E-state index contributed by atoms with van der Waals surface area (Å²) in [6.07, 6.45) is 0. The highest BCUT2D eigenvalue weighted by molar-refractivity contribution is 9.10. The largest absolute Gasteiger partial charge is 0.328 e. The van der Waals surface area contributed by atoms with E-state index in [0.717, 1.165) is 15.7 Å². The number of halogens is 2. The van der Waals surface area contributed by atoms with E-state index in [4.69, 9.17) is 0 Å². The zero-order chi connectivity index (χ0) is 18.5. The molecule has 5 nitrogen and oxygen atoms in total. The number of carbonyl (C=O) groups excluding carboxylic acids is 1. The molecule has 134 valence electrons. The lowest BCUT2D eigenvalue weighted by Gasteiger charge is -2.07. The highest BCUT2D eigenvalue weighted by Gasteiger charge is 2.11. The fraction of sp³-hybridized carbons (Fsp3) is 0.118. The van der Waals surface area contributed by atoms with E-state index in [0.29, 0.717) is 15.2 Å². The fourth-order valence-electron chi connectivity index (χ4n) is 2.03.